The standard InChI is InChI=1S/C19H18N4O2S2/c1-12-15(27-18(22-12)13-5-3-2-4-6-13)10-21-16(24)9-14-11-26-19-20-8-7-17(25)23(14)19/h2-8,14H,9-11H2,1H3,(H,21,24). The lowest BCUT2D eigenvalue weighted by atomic mass is 10.2. The number of carbonyl (C=O) groups excluding carboxylic acids is 1. The molecule has 6 nitrogen and oxygen atoms in total. The van der Waals surface area contributed by atoms with Crippen LogP contribution >= 0.6 is 23.1 Å². The molecule has 1 atom stereocenters. The van der Waals surface area contributed by atoms with Crippen LogP contribution in [0.5, 0.6) is 0 Å². The topological polar surface area (TPSA) is 76.9 Å². The van der Waals surface area contributed by atoms with Crippen molar-refractivity contribution in [2.45, 2.75) is 31.1 Å². The number of benzene rings is 1. The molecule has 1 unspecified atom stereocenters. The lowest BCUT2D eigenvalue weighted by Crippen LogP contribution is -2.30. The Labute approximate surface area is 164 Å². The minimum atomic E-state index is -0.145. The van der Waals surface area contributed by atoms with Gasteiger partial charge in [-0.2, -0.15) is 0 Å². The van der Waals surface area contributed by atoms with Gasteiger partial charge in [-0.1, -0.05) is 42.1 Å². The summed E-state index contributed by atoms with van der Waals surface area (Å²) in [5, 5.41) is 4.61. The van der Waals surface area contributed by atoms with E-state index in [1.165, 1.54) is 24.0 Å². The number of fused-ring (bicyclic) bond motifs is 1. The Morgan fingerprint density at radius 1 is 1.30 bits per heavy atom. The maximum Gasteiger partial charge on any atom is 0.254 e. The van der Waals surface area contributed by atoms with E-state index in [1.807, 2.05) is 37.3 Å². The molecule has 0 saturated heterocycles. The predicted octanol–water partition coefficient (Wildman–Crippen LogP) is 3.03. The summed E-state index contributed by atoms with van der Waals surface area (Å²) in [6.45, 7) is 2.41. The van der Waals surface area contributed by atoms with Gasteiger partial charge in [0.25, 0.3) is 5.56 Å². The van der Waals surface area contributed by atoms with Gasteiger partial charge in [0.2, 0.25) is 5.91 Å². The Bertz CT molecular complexity index is 1030. The van der Waals surface area contributed by atoms with E-state index in [9.17, 15) is 9.59 Å². The van der Waals surface area contributed by atoms with Crippen LogP contribution in [0.1, 0.15) is 23.0 Å². The molecule has 0 fully saturated rings. The highest BCUT2D eigenvalue weighted by atomic mass is 32.2. The Balaban J connectivity index is 1.40. The first kappa shape index (κ1) is 17.9. The van der Waals surface area contributed by atoms with Gasteiger partial charge in [0, 0.05) is 34.9 Å². The van der Waals surface area contributed by atoms with Crippen molar-refractivity contribution in [2.24, 2.45) is 0 Å². The fourth-order valence-corrected chi connectivity index (χ4v) is 5.13. The molecule has 1 aromatic carbocycles. The number of aromatic nitrogens is 3. The fraction of sp³-hybridized carbons (Fsp3) is 0.263. The van der Waals surface area contributed by atoms with Crippen LogP contribution in [0.4, 0.5) is 0 Å². The highest BCUT2D eigenvalue weighted by Gasteiger charge is 2.26. The minimum Gasteiger partial charge on any atom is -0.351 e. The molecule has 4 rings (SSSR count). The highest BCUT2D eigenvalue weighted by molar-refractivity contribution is 7.99. The molecule has 138 valence electrons. The van der Waals surface area contributed by atoms with E-state index in [1.54, 1.807) is 15.9 Å². The molecule has 1 amide bonds. The van der Waals surface area contributed by atoms with Crippen LogP contribution in [0.2, 0.25) is 0 Å². The second kappa shape index (κ2) is 7.66. The Hall–Kier alpha value is -2.45. The van der Waals surface area contributed by atoms with Gasteiger partial charge in [-0.3, -0.25) is 14.2 Å². The molecule has 0 saturated carbocycles. The molecule has 3 heterocycles. The number of rotatable bonds is 5. The second-order valence-corrected chi connectivity index (χ2v) is 8.35. The summed E-state index contributed by atoms with van der Waals surface area (Å²) in [7, 11) is 0. The van der Waals surface area contributed by atoms with Crippen molar-refractivity contribution in [1.29, 1.82) is 0 Å². The summed E-state index contributed by atoms with van der Waals surface area (Å²) >= 11 is 3.11. The molecular formula is C19H18N4O2S2. The van der Waals surface area contributed by atoms with Crippen LogP contribution in [0, 0.1) is 6.92 Å². The molecule has 3 aromatic rings. The number of thioether (sulfide) groups is 1. The molecule has 0 radical (unpaired) electrons. The zero-order chi connectivity index (χ0) is 18.8. The van der Waals surface area contributed by atoms with Gasteiger partial charge in [0.15, 0.2) is 5.16 Å². The van der Waals surface area contributed by atoms with Crippen LogP contribution in [0.25, 0.3) is 10.6 Å². The predicted molar refractivity (Wildman–Crippen MR) is 107 cm³/mol. The van der Waals surface area contributed by atoms with Crippen LogP contribution < -0.4 is 10.9 Å². The van der Waals surface area contributed by atoms with Crippen LogP contribution in [-0.2, 0) is 11.3 Å². The summed E-state index contributed by atoms with van der Waals surface area (Å²) in [5.41, 5.74) is 1.91. The Kier molecular flexibility index (Phi) is 5.09. The first-order chi connectivity index (χ1) is 13.1. The van der Waals surface area contributed by atoms with E-state index in [-0.39, 0.29) is 23.9 Å². The van der Waals surface area contributed by atoms with Crippen molar-refractivity contribution < 1.29 is 4.79 Å². The van der Waals surface area contributed by atoms with E-state index in [0.29, 0.717) is 17.5 Å². The molecular weight excluding hydrogens is 380 g/mol. The van der Waals surface area contributed by atoms with Gasteiger partial charge in [0.05, 0.1) is 18.3 Å². The third-order valence-corrected chi connectivity index (χ3v) is 6.71. The van der Waals surface area contributed by atoms with Crippen molar-refractivity contribution >= 4 is 29.0 Å². The lowest BCUT2D eigenvalue weighted by molar-refractivity contribution is -0.121. The van der Waals surface area contributed by atoms with Gasteiger partial charge >= 0.3 is 0 Å². The molecule has 1 N–H and O–H groups in total. The monoisotopic (exact) mass is 398 g/mol. The number of thiazole rings is 1. The minimum absolute atomic E-state index is 0.0711. The van der Waals surface area contributed by atoms with Gasteiger partial charge in [0.1, 0.15) is 5.01 Å². The van der Waals surface area contributed by atoms with E-state index < -0.39 is 0 Å². The number of amides is 1. The number of nitrogens with zero attached hydrogens (tertiary/aromatic N) is 3. The normalized spacial score (nSPS) is 15.5. The first-order valence-corrected chi connectivity index (χ1v) is 10.4. The molecule has 0 bridgehead atoms. The highest BCUT2D eigenvalue weighted by Crippen LogP contribution is 2.31. The number of hydrogen-bond donors (Lipinski definition) is 1. The molecule has 1 aliphatic heterocycles. The lowest BCUT2D eigenvalue weighted by Gasteiger charge is -2.12. The molecule has 2 aromatic heterocycles. The van der Waals surface area contributed by atoms with Gasteiger partial charge in [-0.05, 0) is 6.92 Å². The van der Waals surface area contributed by atoms with Crippen molar-refractivity contribution in [3.8, 4) is 10.6 Å². The summed E-state index contributed by atoms with van der Waals surface area (Å²) < 4.78 is 1.62. The SMILES string of the molecule is Cc1nc(-c2ccccc2)sc1CNC(=O)CC1CSc2nccc(=O)n21. The van der Waals surface area contributed by atoms with E-state index in [0.717, 1.165) is 21.1 Å². The second-order valence-electron chi connectivity index (χ2n) is 6.27. The zero-order valence-electron chi connectivity index (χ0n) is 14.7. The zero-order valence-corrected chi connectivity index (χ0v) is 16.3. The third kappa shape index (κ3) is 3.81. The maximum atomic E-state index is 12.4. The van der Waals surface area contributed by atoms with Crippen molar-refractivity contribution in [3.05, 3.63) is 63.5 Å². The Morgan fingerprint density at radius 2 is 2.11 bits per heavy atom. The molecule has 1 aliphatic rings. The van der Waals surface area contributed by atoms with Crippen molar-refractivity contribution in [3.63, 3.8) is 0 Å². The first-order valence-electron chi connectivity index (χ1n) is 8.60. The van der Waals surface area contributed by atoms with E-state index in [4.69, 9.17) is 0 Å². The summed E-state index contributed by atoms with van der Waals surface area (Å²) in [4.78, 5) is 34.3. The molecule has 0 spiro atoms. The van der Waals surface area contributed by atoms with Crippen LogP contribution in [-0.4, -0.2) is 26.2 Å². The largest absolute Gasteiger partial charge is 0.351 e. The average Bonchev–Trinajstić information content (AvgIpc) is 3.25. The molecule has 27 heavy (non-hydrogen) atoms. The van der Waals surface area contributed by atoms with E-state index >= 15 is 0 Å². The van der Waals surface area contributed by atoms with Gasteiger partial charge < -0.3 is 5.32 Å². The quantitative estimate of drug-likeness (QED) is 0.669. The average molecular weight is 399 g/mol. The third-order valence-electron chi connectivity index (χ3n) is 4.40. The van der Waals surface area contributed by atoms with Crippen molar-refractivity contribution in [2.75, 3.05) is 5.75 Å². The molecule has 8 heteroatoms. The number of aryl methyl sites for hydroxylation is 1. The summed E-state index contributed by atoms with van der Waals surface area (Å²) in [6.07, 6.45) is 1.79. The fourth-order valence-electron chi connectivity index (χ4n) is 3.00. The van der Waals surface area contributed by atoms with Gasteiger partial charge in [-0.25, -0.2) is 9.97 Å². The number of carbonyl (C=O) groups is 1. The van der Waals surface area contributed by atoms with E-state index in [2.05, 4.69) is 15.3 Å². The van der Waals surface area contributed by atoms with Crippen LogP contribution in [0.15, 0.2) is 52.5 Å². The maximum absolute atomic E-state index is 12.4. The molecule has 0 aliphatic carbocycles. The van der Waals surface area contributed by atoms with Crippen molar-refractivity contribution in [1.82, 2.24) is 19.9 Å². The van der Waals surface area contributed by atoms with Crippen LogP contribution in [0.3, 0.4) is 0 Å². The van der Waals surface area contributed by atoms with Gasteiger partial charge in [-0.15, -0.1) is 11.3 Å². The summed E-state index contributed by atoms with van der Waals surface area (Å²) in [5.74, 6) is 0.621. The number of nitrogens with one attached hydrogen (secondary N) is 1. The number of hydrogen-bond acceptors (Lipinski definition) is 6. The summed E-state index contributed by atoms with van der Waals surface area (Å²) in [6, 6.07) is 11.3. The Morgan fingerprint density at radius 3 is 2.93 bits per heavy atom. The smallest absolute Gasteiger partial charge is 0.254 e.